The van der Waals surface area contributed by atoms with E-state index in [4.69, 9.17) is 23.2 Å². The maximum absolute atomic E-state index is 5.91. The van der Waals surface area contributed by atoms with Crippen molar-refractivity contribution in [3.63, 3.8) is 0 Å². The summed E-state index contributed by atoms with van der Waals surface area (Å²) in [5, 5.41) is 5.54. The highest BCUT2D eigenvalue weighted by Crippen LogP contribution is 2.16. The average Bonchev–Trinajstić information content (AvgIpc) is 2.38. The van der Waals surface area contributed by atoms with Gasteiger partial charge in [0.2, 0.25) is 0 Å². The van der Waals surface area contributed by atoms with E-state index in [0.717, 1.165) is 21.2 Å². The van der Waals surface area contributed by atoms with Crippen LogP contribution in [0, 0.1) is 0 Å². The smallest absolute Gasteiger partial charge is 0.0411 e. The summed E-state index contributed by atoms with van der Waals surface area (Å²) in [6.45, 7) is 0. The molecule has 0 aliphatic heterocycles. The Bertz CT molecular complexity index is 550. The first kappa shape index (κ1) is 14.3. The molecule has 0 saturated heterocycles. The molecule has 0 aromatic heterocycles. The van der Waals surface area contributed by atoms with Crippen LogP contribution in [0.1, 0.15) is 11.1 Å². The van der Waals surface area contributed by atoms with E-state index in [2.05, 4.69) is 0 Å². The summed E-state index contributed by atoms with van der Waals surface area (Å²) in [4.78, 5) is 0. The molecule has 0 spiro atoms. The Kier molecular flexibility index (Phi) is 5.59. The second-order valence-electron chi connectivity index (χ2n) is 3.85. The van der Waals surface area contributed by atoms with Gasteiger partial charge in [-0.1, -0.05) is 47.5 Å². The molecule has 0 aliphatic rings. The zero-order valence-corrected chi connectivity index (χ0v) is 12.4. The molecule has 0 bridgehead atoms. The Morgan fingerprint density at radius 1 is 0.737 bits per heavy atom. The Labute approximate surface area is 127 Å². The van der Waals surface area contributed by atoms with Crippen LogP contribution in [0.25, 0.3) is 12.2 Å². The second kappa shape index (κ2) is 7.44. The van der Waals surface area contributed by atoms with Gasteiger partial charge in [-0.05, 0) is 58.4 Å². The molecule has 0 saturated carbocycles. The topological polar surface area (TPSA) is 0 Å². The molecule has 19 heavy (non-hydrogen) atoms. The fraction of sp³-hybridized carbons (Fsp3) is 0. The zero-order valence-electron chi connectivity index (χ0n) is 10.1. The van der Waals surface area contributed by atoms with Gasteiger partial charge < -0.3 is 0 Å². The molecule has 0 N–H and O–H groups in total. The summed E-state index contributed by atoms with van der Waals surface area (Å²) in [5.41, 5.74) is 2.19. The van der Waals surface area contributed by atoms with E-state index in [-0.39, 0.29) is 0 Å². The molecule has 3 heteroatoms. The van der Waals surface area contributed by atoms with Crippen molar-refractivity contribution in [3.05, 3.63) is 80.5 Å². The molecule has 0 fully saturated rings. The minimum absolute atomic E-state index is 0.751. The van der Waals surface area contributed by atoms with Crippen molar-refractivity contribution < 1.29 is 0 Å². The number of hydrogen-bond donors (Lipinski definition) is 0. The molecular formula is C16H12Cl2S. The van der Waals surface area contributed by atoms with Crippen LogP contribution in [0.4, 0.5) is 0 Å². The van der Waals surface area contributed by atoms with E-state index >= 15 is 0 Å². The lowest BCUT2D eigenvalue weighted by atomic mass is 10.2. The van der Waals surface area contributed by atoms with Crippen molar-refractivity contribution in [2.75, 3.05) is 0 Å². The fourth-order valence-corrected chi connectivity index (χ4v) is 2.46. The lowest BCUT2D eigenvalue weighted by Crippen LogP contribution is -1.70. The van der Waals surface area contributed by atoms with Crippen LogP contribution in [0.3, 0.4) is 0 Å². The number of halogens is 2. The predicted molar refractivity (Wildman–Crippen MR) is 88.6 cm³/mol. The summed E-state index contributed by atoms with van der Waals surface area (Å²) >= 11 is 13.4. The van der Waals surface area contributed by atoms with Gasteiger partial charge in [0.15, 0.2) is 0 Å². The number of thioether (sulfide) groups is 1. The molecule has 0 aliphatic carbocycles. The monoisotopic (exact) mass is 306 g/mol. The van der Waals surface area contributed by atoms with Gasteiger partial charge in [0.25, 0.3) is 0 Å². The van der Waals surface area contributed by atoms with E-state index in [1.807, 2.05) is 71.5 Å². The van der Waals surface area contributed by atoms with Crippen LogP contribution in [0.2, 0.25) is 10.0 Å². The first-order valence-electron chi connectivity index (χ1n) is 5.74. The van der Waals surface area contributed by atoms with Gasteiger partial charge in [-0.2, -0.15) is 0 Å². The Hall–Kier alpha value is -1.15. The van der Waals surface area contributed by atoms with E-state index in [1.165, 1.54) is 0 Å². The normalized spacial score (nSPS) is 11.5. The third-order valence-corrected chi connectivity index (χ3v) is 3.43. The highest BCUT2D eigenvalue weighted by molar-refractivity contribution is 8.05. The largest absolute Gasteiger partial charge is 0.106 e. The Morgan fingerprint density at radius 2 is 1.21 bits per heavy atom. The third-order valence-electron chi connectivity index (χ3n) is 2.38. The van der Waals surface area contributed by atoms with Crippen LogP contribution >= 0.6 is 35.0 Å². The van der Waals surface area contributed by atoms with Crippen molar-refractivity contribution in [3.8, 4) is 0 Å². The van der Waals surface area contributed by atoms with Gasteiger partial charge in [0.1, 0.15) is 0 Å². The molecule has 0 radical (unpaired) electrons. The Morgan fingerprint density at radius 3 is 1.63 bits per heavy atom. The average molecular weight is 307 g/mol. The second-order valence-corrected chi connectivity index (χ2v) is 5.54. The minimum atomic E-state index is 0.751. The van der Waals surface area contributed by atoms with Crippen LogP contribution in [0.5, 0.6) is 0 Å². The SMILES string of the molecule is Clc1cccc(/C=C\S/C=C\c2cccc(Cl)c2)c1. The van der Waals surface area contributed by atoms with Gasteiger partial charge in [-0.3, -0.25) is 0 Å². The molecule has 0 amide bonds. The van der Waals surface area contributed by atoms with Crippen molar-refractivity contribution in [1.29, 1.82) is 0 Å². The van der Waals surface area contributed by atoms with Crippen LogP contribution < -0.4 is 0 Å². The van der Waals surface area contributed by atoms with Crippen molar-refractivity contribution >= 4 is 47.1 Å². The quantitative estimate of drug-likeness (QED) is 0.632. The number of rotatable bonds is 4. The Balaban J connectivity index is 1.90. The summed E-state index contributed by atoms with van der Waals surface area (Å²) in [6.07, 6.45) is 4.05. The maximum Gasteiger partial charge on any atom is 0.0411 e. The van der Waals surface area contributed by atoms with Crippen LogP contribution in [-0.4, -0.2) is 0 Å². The zero-order chi connectivity index (χ0) is 13.5. The van der Waals surface area contributed by atoms with Gasteiger partial charge in [-0.25, -0.2) is 0 Å². The first-order valence-corrected chi connectivity index (χ1v) is 7.43. The summed E-state index contributed by atoms with van der Waals surface area (Å²) in [6, 6.07) is 15.5. The molecule has 0 atom stereocenters. The van der Waals surface area contributed by atoms with Crippen LogP contribution in [0.15, 0.2) is 59.3 Å². The van der Waals surface area contributed by atoms with Crippen molar-refractivity contribution in [2.45, 2.75) is 0 Å². The molecule has 2 aromatic carbocycles. The van der Waals surface area contributed by atoms with Gasteiger partial charge in [0, 0.05) is 10.0 Å². The first-order chi connectivity index (χ1) is 9.24. The molecule has 0 unspecified atom stereocenters. The fourth-order valence-electron chi connectivity index (χ4n) is 1.50. The lowest BCUT2D eigenvalue weighted by molar-refractivity contribution is 1.66. The molecule has 0 heterocycles. The summed E-state index contributed by atoms with van der Waals surface area (Å²) in [5.74, 6) is 0. The van der Waals surface area contributed by atoms with E-state index in [1.54, 1.807) is 11.8 Å². The van der Waals surface area contributed by atoms with Gasteiger partial charge in [-0.15, -0.1) is 11.8 Å². The van der Waals surface area contributed by atoms with E-state index < -0.39 is 0 Å². The summed E-state index contributed by atoms with van der Waals surface area (Å²) < 4.78 is 0. The van der Waals surface area contributed by atoms with Gasteiger partial charge >= 0.3 is 0 Å². The van der Waals surface area contributed by atoms with E-state index in [0.29, 0.717) is 0 Å². The molecule has 2 rings (SSSR count). The lowest BCUT2D eigenvalue weighted by Gasteiger charge is -1.94. The molecule has 0 nitrogen and oxygen atoms in total. The highest BCUT2D eigenvalue weighted by Gasteiger charge is 1.89. The maximum atomic E-state index is 5.91. The highest BCUT2D eigenvalue weighted by atomic mass is 35.5. The summed E-state index contributed by atoms with van der Waals surface area (Å²) in [7, 11) is 0. The minimum Gasteiger partial charge on any atom is -0.106 e. The third kappa shape index (κ3) is 5.15. The molecule has 2 aromatic rings. The molecule has 96 valence electrons. The molecular weight excluding hydrogens is 295 g/mol. The standard InChI is InChI=1S/C16H12Cl2S/c17-15-5-1-3-13(11-15)7-9-19-10-8-14-4-2-6-16(18)12-14/h1-12H/b9-7-,10-8-. The van der Waals surface area contributed by atoms with Crippen molar-refractivity contribution in [2.24, 2.45) is 0 Å². The predicted octanol–water partition coefficient (Wildman–Crippen LogP) is 6.37. The van der Waals surface area contributed by atoms with Gasteiger partial charge in [0.05, 0.1) is 0 Å². The van der Waals surface area contributed by atoms with Crippen molar-refractivity contribution in [1.82, 2.24) is 0 Å². The number of benzene rings is 2. The van der Waals surface area contributed by atoms with Crippen LogP contribution in [-0.2, 0) is 0 Å². The number of hydrogen-bond acceptors (Lipinski definition) is 1. The van der Waals surface area contributed by atoms with E-state index in [9.17, 15) is 0 Å².